The van der Waals surface area contributed by atoms with Gasteiger partial charge in [0.25, 0.3) is 0 Å². The standard InChI is InChI=1S/C44H28/c1-3-11-29(12-4-1)31-17-9-18-32(25-31)35-21-22-36-40-24-23-37(38-19-10-20-39(44(38)40)42(36)28-35)43-27-34-16-8-7-15-33(34)26-41(43)30-13-5-2-6-14-30/h1-28H. The van der Waals surface area contributed by atoms with Gasteiger partial charge in [-0.25, -0.2) is 0 Å². The first-order valence-electron chi connectivity index (χ1n) is 15.3. The van der Waals surface area contributed by atoms with Gasteiger partial charge in [-0.15, -0.1) is 0 Å². The van der Waals surface area contributed by atoms with Gasteiger partial charge >= 0.3 is 0 Å². The fourth-order valence-corrected chi connectivity index (χ4v) is 7.10. The molecule has 0 heterocycles. The molecule has 0 saturated carbocycles. The molecule has 0 aromatic heterocycles. The topological polar surface area (TPSA) is 0 Å². The maximum atomic E-state index is 2.39. The summed E-state index contributed by atoms with van der Waals surface area (Å²) >= 11 is 0. The predicted octanol–water partition coefficient (Wildman–Crippen LogP) is 12.3. The van der Waals surface area contributed by atoms with Gasteiger partial charge in [0.2, 0.25) is 0 Å². The number of hydrogen-bond acceptors (Lipinski definition) is 0. The van der Waals surface area contributed by atoms with E-state index in [0.29, 0.717) is 0 Å². The highest BCUT2D eigenvalue weighted by Gasteiger charge is 2.24. The summed E-state index contributed by atoms with van der Waals surface area (Å²) in [7, 11) is 0. The average molecular weight is 557 g/mol. The fourth-order valence-electron chi connectivity index (χ4n) is 7.10. The molecule has 0 heteroatoms. The van der Waals surface area contributed by atoms with Gasteiger partial charge in [0.05, 0.1) is 0 Å². The summed E-state index contributed by atoms with van der Waals surface area (Å²) < 4.78 is 0. The molecule has 0 bridgehead atoms. The molecule has 0 unspecified atom stereocenters. The molecule has 8 aromatic rings. The Labute approximate surface area is 257 Å². The minimum atomic E-state index is 1.24. The highest BCUT2D eigenvalue weighted by molar-refractivity contribution is 6.20. The normalized spacial score (nSPS) is 11.6. The van der Waals surface area contributed by atoms with Crippen molar-refractivity contribution in [1.82, 2.24) is 0 Å². The van der Waals surface area contributed by atoms with Gasteiger partial charge in [-0.2, -0.15) is 0 Å². The molecule has 0 atom stereocenters. The summed E-state index contributed by atoms with van der Waals surface area (Å²) in [5.74, 6) is 0. The fraction of sp³-hybridized carbons (Fsp3) is 0. The molecule has 1 aliphatic carbocycles. The molecule has 0 aliphatic heterocycles. The summed E-state index contributed by atoms with van der Waals surface area (Å²) in [5, 5.41) is 5.17. The van der Waals surface area contributed by atoms with Crippen LogP contribution in [0.5, 0.6) is 0 Å². The van der Waals surface area contributed by atoms with Crippen LogP contribution in [0.15, 0.2) is 170 Å². The lowest BCUT2D eigenvalue weighted by atomic mass is 9.88. The molecule has 1 aliphatic rings. The van der Waals surface area contributed by atoms with Crippen molar-refractivity contribution in [3.05, 3.63) is 170 Å². The number of rotatable bonds is 4. The van der Waals surface area contributed by atoms with Crippen molar-refractivity contribution in [2.24, 2.45) is 0 Å². The summed E-state index contributed by atoms with van der Waals surface area (Å²) in [6, 6.07) is 62.2. The van der Waals surface area contributed by atoms with Crippen molar-refractivity contribution >= 4 is 21.5 Å². The van der Waals surface area contributed by atoms with Crippen molar-refractivity contribution in [1.29, 1.82) is 0 Å². The Morgan fingerprint density at radius 3 is 1.52 bits per heavy atom. The van der Waals surface area contributed by atoms with Crippen LogP contribution in [-0.4, -0.2) is 0 Å². The predicted molar refractivity (Wildman–Crippen MR) is 188 cm³/mol. The number of benzene rings is 8. The minimum Gasteiger partial charge on any atom is -0.0622 e. The molecule has 9 rings (SSSR count). The second kappa shape index (κ2) is 9.93. The first kappa shape index (κ1) is 24.8. The van der Waals surface area contributed by atoms with Gasteiger partial charge in [-0.1, -0.05) is 146 Å². The van der Waals surface area contributed by atoms with Crippen LogP contribution >= 0.6 is 0 Å². The SMILES string of the molecule is c1ccc(-c2cccc(-c3ccc4c(c3)-c3cccc5c(-c6cc7ccccc7cc6-c6ccccc6)ccc-4c35)c2)cc1. The Kier molecular flexibility index (Phi) is 5.61. The highest BCUT2D eigenvalue weighted by Crippen LogP contribution is 2.51. The van der Waals surface area contributed by atoms with E-state index in [2.05, 4.69) is 170 Å². The van der Waals surface area contributed by atoms with E-state index in [4.69, 9.17) is 0 Å². The lowest BCUT2D eigenvalue weighted by molar-refractivity contribution is 1.59. The molecule has 0 fully saturated rings. The zero-order valence-electron chi connectivity index (χ0n) is 24.2. The van der Waals surface area contributed by atoms with Gasteiger partial charge in [0, 0.05) is 0 Å². The van der Waals surface area contributed by atoms with E-state index >= 15 is 0 Å². The highest BCUT2D eigenvalue weighted by atomic mass is 14.3. The van der Waals surface area contributed by atoms with Crippen LogP contribution in [0.3, 0.4) is 0 Å². The van der Waals surface area contributed by atoms with Crippen molar-refractivity contribution in [2.75, 3.05) is 0 Å². The van der Waals surface area contributed by atoms with Crippen LogP contribution in [0.2, 0.25) is 0 Å². The van der Waals surface area contributed by atoms with E-state index in [1.807, 2.05) is 0 Å². The Hall–Kier alpha value is -5.72. The minimum absolute atomic E-state index is 1.24. The lowest BCUT2D eigenvalue weighted by Crippen LogP contribution is -1.89. The van der Waals surface area contributed by atoms with Crippen LogP contribution in [-0.2, 0) is 0 Å². The smallest absolute Gasteiger partial charge is 0.00201 e. The first-order valence-corrected chi connectivity index (χ1v) is 15.3. The Bertz CT molecular complexity index is 2360. The van der Waals surface area contributed by atoms with E-state index in [-0.39, 0.29) is 0 Å². The van der Waals surface area contributed by atoms with Crippen molar-refractivity contribution < 1.29 is 0 Å². The van der Waals surface area contributed by atoms with E-state index in [0.717, 1.165) is 0 Å². The van der Waals surface area contributed by atoms with Gasteiger partial charge in [-0.05, 0) is 113 Å². The van der Waals surface area contributed by atoms with Crippen molar-refractivity contribution in [3.63, 3.8) is 0 Å². The van der Waals surface area contributed by atoms with Crippen LogP contribution in [0.25, 0.3) is 88.3 Å². The summed E-state index contributed by atoms with van der Waals surface area (Å²) in [4.78, 5) is 0. The molecule has 0 spiro atoms. The zero-order valence-corrected chi connectivity index (χ0v) is 24.2. The van der Waals surface area contributed by atoms with E-state index in [9.17, 15) is 0 Å². The lowest BCUT2D eigenvalue weighted by Gasteiger charge is -2.16. The van der Waals surface area contributed by atoms with Crippen LogP contribution < -0.4 is 0 Å². The molecule has 8 aromatic carbocycles. The van der Waals surface area contributed by atoms with Gasteiger partial charge in [0.15, 0.2) is 0 Å². The van der Waals surface area contributed by atoms with E-state index < -0.39 is 0 Å². The molecule has 0 N–H and O–H groups in total. The maximum absolute atomic E-state index is 2.39. The third kappa shape index (κ3) is 3.92. The Morgan fingerprint density at radius 2 is 0.750 bits per heavy atom. The molecule has 0 nitrogen and oxygen atoms in total. The third-order valence-electron chi connectivity index (χ3n) is 9.20. The molecule has 0 radical (unpaired) electrons. The van der Waals surface area contributed by atoms with Crippen LogP contribution in [0.1, 0.15) is 0 Å². The monoisotopic (exact) mass is 556 g/mol. The molecular weight excluding hydrogens is 528 g/mol. The van der Waals surface area contributed by atoms with E-state index in [1.165, 1.54) is 88.3 Å². The number of fused-ring (bicyclic) bond motifs is 4. The zero-order chi connectivity index (χ0) is 29.0. The Morgan fingerprint density at radius 1 is 0.227 bits per heavy atom. The summed E-state index contributed by atoms with van der Waals surface area (Å²) in [6.07, 6.45) is 0. The molecule has 0 amide bonds. The third-order valence-corrected chi connectivity index (χ3v) is 9.20. The van der Waals surface area contributed by atoms with Gasteiger partial charge in [-0.3, -0.25) is 0 Å². The van der Waals surface area contributed by atoms with Gasteiger partial charge < -0.3 is 0 Å². The maximum Gasteiger partial charge on any atom is -0.00201 e. The summed E-state index contributed by atoms with van der Waals surface area (Å²) in [5.41, 5.74) is 15.3. The van der Waals surface area contributed by atoms with Crippen LogP contribution in [0, 0.1) is 0 Å². The quantitative estimate of drug-likeness (QED) is 0.202. The molecular formula is C44H28. The molecule has 204 valence electrons. The average Bonchev–Trinajstić information content (AvgIpc) is 3.43. The van der Waals surface area contributed by atoms with E-state index in [1.54, 1.807) is 0 Å². The number of hydrogen-bond donors (Lipinski definition) is 0. The van der Waals surface area contributed by atoms with Crippen molar-refractivity contribution in [3.8, 4) is 66.8 Å². The molecule has 0 saturated heterocycles. The van der Waals surface area contributed by atoms with Crippen molar-refractivity contribution in [2.45, 2.75) is 0 Å². The Balaban J connectivity index is 1.22. The summed E-state index contributed by atoms with van der Waals surface area (Å²) in [6.45, 7) is 0. The first-order chi connectivity index (χ1) is 21.8. The second-order valence-electron chi connectivity index (χ2n) is 11.7. The molecule has 44 heavy (non-hydrogen) atoms. The van der Waals surface area contributed by atoms with Crippen LogP contribution in [0.4, 0.5) is 0 Å². The van der Waals surface area contributed by atoms with Gasteiger partial charge in [0.1, 0.15) is 0 Å². The largest absolute Gasteiger partial charge is 0.0622 e. The second-order valence-corrected chi connectivity index (χ2v) is 11.7.